The Morgan fingerprint density at radius 1 is 1.29 bits per heavy atom. The van der Waals surface area contributed by atoms with Gasteiger partial charge in [-0.1, -0.05) is 29.4 Å². The van der Waals surface area contributed by atoms with Crippen LogP contribution < -0.4 is 5.73 Å². The Morgan fingerprint density at radius 3 is 2.29 bits per heavy atom. The van der Waals surface area contributed by atoms with Crippen LogP contribution in [0.25, 0.3) is 0 Å². The van der Waals surface area contributed by atoms with Crippen LogP contribution in [0.15, 0.2) is 18.2 Å². The largest absolute Gasteiger partial charge is 0.393 e. The summed E-state index contributed by atoms with van der Waals surface area (Å²) in [5, 5.41) is 0. The molecule has 0 heterocycles. The molecule has 0 unspecified atom stereocenters. The van der Waals surface area contributed by atoms with Crippen molar-refractivity contribution in [3.63, 3.8) is 0 Å². The zero-order chi connectivity index (χ0) is 13.0. The first-order chi connectivity index (χ1) is 7.90. The number of carbonyl (C=O) groups excluding carboxylic acids is 1. The van der Waals surface area contributed by atoms with Crippen LogP contribution in [0.4, 0.5) is 0 Å². The third-order valence-corrected chi connectivity index (χ3v) is 2.71. The molecule has 1 amide bonds. The Kier molecular flexibility index (Phi) is 4.63. The SMILES string of the molecule is Cc1cc(C)cc(C(=O)N(C)CCC(N)=S)c1. The van der Waals surface area contributed by atoms with Crippen LogP contribution in [-0.4, -0.2) is 29.4 Å². The van der Waals surface area contributed by atoms with Gasteiger partial charge in [0.2, 0.25) is 0 Å². The highest BCUT2D eigenvalue weighted by Crippen LogP contribution is 2.11. The van der Waals surface area contributed by atoms with Crippen LogP contribution in [0.3, 0.4) is 0 Å². The van der Waals surface area contributed by atoms with Gasteiger partial charge in [-0.15, -0.1) is 0 Å². The first-order valence-corrected chi connectivity index (χ1v) is 5.93. The molecule has 0 aliphatic carbocycles. The zero-order valence-electron chi connectivity index (χ0n) is 10.5. The Bertz CT molecular complexity index is 423. The van der Waals surface area contributed by atoms with Crippen molar-refractivity contribution in [3.8, 4) is 0 Å². The second-order valence-corrected chi connectivity index (χ2v) is 4.84. The molecule has 0 bridgehead atoms. The van der Waals surface area contributed by atoms with Crippen LogP contribution in [0.2, 0.25) is 0 Å². The molecule has 0 aliphatic rings. The van der Waals surface area contributed by atoms with Crippen molar-refractivity contribution in [1.82, 2.24) is 4.90 Å². The van der Waals surface area contributed by atoms with Gasteiger partial charge < -0.3 is 10.6 Å². The van der Waals surface area contributed by atoms with Gasteiger partial charge in [0, 0.05) is 25.6 Å². The lowest BCUT2D eigenvalue weighted by Gasteiger charge is -2.17. The fraction of sp³-hybridized carbons (Fsp3) is 0.385. The maximum absolute atomic E-state index is 12.1. The van der Waals surface area contributed by atoms with Gasteiger partial charge in [-0.2, -0.15) is 0 Å². The number of hydrogen-bond acceptors (Lipinski definition) is 2. The average Bonchev–Trinajstić information content (AvgIpc) is 2.23. The summed E-state index contributed by atoms with van der Waals surface area (Å²) >= 11 is 4.80. The number of nitrogens with zero attached hydrogens (tertiary/aromatic N) is 1. The molecule has 0 aliphatic heterocycles. The number of amides is 1. The average molecular weight is 250 g/mol. The Morgan fingerprint density at radius 2 is 1.82 bits per heavy atom. The number of rotatable bonds is 4. The monoisotopic (exact) mass is 250 g/mol. The molecular formula is C13H18N2OS. The van der Waals surface area contributed by atoms with Gasteiger partial charge in [0.15, 0.2) is 0 Å². The van der Waals surface area contributed by atoms with Crippen LogP contribution in [0, 0.1) is 13.8 Å². The molecule has 17 heavy (non-hydrogen) atoms. The molecule has 0 atom stereocenters. The van der Waals surface area contributed by atoms with Crippen molar-refractivity contribution >= 4 is 23.1 Å². The lowest BCUT2D eigenvalue weighted by Crippen LogP contribution is -2.30. The molecule has 3 nitrogen and oxygen atoms in total. The molecule has 0 saturated heterocycles. The third-order valence-electron chi connectivity index (χ3n) is 2.51. The predicted molar refractivity (Wildman–Crippen MR) is 74.3 cm³/mol. The summed E-state index contributed by atoms with van der Waals surface area (Å²) in [4.78, 5) is 14.2. The van der Waals surface area contributed by atoms with Crippen LogP contribution in [0.1, 0.15) is 27.9 Å². The summed E-state index contributed by atoms with van der Waals surface area (Å²) in [5.41, 5.74) is 8.32. The fourth-order valence-corrected chi connectivity index (χ4v) is 1.79. The topological polar surface area (TPSA) is 46.3 Å². The van der Waals surface area contributed by atoms with Gasteiger partial charge in [-0.3, -0.25) is 4.79 Å². The molecule has 2 N–H and O–H groups in total. The van der Waals surface area contributed by atoms with Crippen molar-refractivity contribution in [3.05, 3.63) is 34.9 Å². The van der Waals surface area contributed by atoms with Crippen LogP contribution in [-0.2, 0) is 0 Å². The Labute approximate surface area is 108 Å². The van der Waals surface area contributed by atoms with E-state index in [4.69, 9.17) is 18.0 Å². The van der Waals surface area contributed by atoms with Gasteiger partial charge in [-0.25, -0.2) is 0 Å². The van der Waals surface area contributed by atoms with E-state index in [0.717, 1.165) is 11.1 Å². The lowest BCUT2D eigenvalue weighted by molar-refractivity contribution is 0.0799. The molecule has 0 saturated carbocycles. The summed E-state index contributed by atoms with van der Waals surface area (Å²) in [5.74, 6) is 0.00745. The van der Waals surface area contributed by atoms with Gasteiger partial charge in [0.1, 0.15) is 0 Å². The fourth-order valence-electron chi connectivity index (χ4n) is 1.70. The molecule has 0 spiro atoms. The summed E-state index contributed by atoms with van der Waals surface area (Å²) in [6.07, 6.45) is 0.558. The second kappa shape index (κ2) is 5.77. The molecular weight excluding hydrogens is 232 g/mol. The van der Waals surface area contributed by atoms with E-state index in [1.54, 1.807) is 11.9 Å². The van der Waals surface area contributed by atoms with Gasteiger partial charge in [-0.05, 0) is 26.0 Å². The van der Waals surface area contributed by atoms with E-state index >= 15 is 0 Å². The molecule has 1 aromatic rings. The van der Waals surface area contributed by atoms with Crippen molar-refractivity contribution < 1.29 is 4.79 Å². The highest BCUT2D eigenvalue weighted by atomic mass is 32.1. The predicted octanol–water partition coefficient (Wildman–Crippen LogP) is 2.05. The molecule has 92 valence electrons. The number of thiocarbonyl (C=S) groups is 1. The summed E-state index contributed by atoms with van der Waals surface area (Å²) < 4.78 is 0. The summed E-state index contributed by atoms with van der Waals surface area (Å²) in [7, 11) is 1.76. The van der Waals surface area contributed by atoms with Gasteiger partial charge in [0.25, 0.3) is 5.91 Å². The third kappa shape index (κ3) is 4.15. The highest BCUT2D eigenvalue weighted by molar-refractivity contribution is 7.80. The maximum Gasteiger partial charge on any atom is 0.253 e. The summed E-state index contributed by atoms with van der Waals surface area (Å²) in [6, 6.07) is 5.84. The normalized spacial score (nSPS) is 10.1. The second-order valence-electron chi connectivity index (χ2n) is 4.32. The number of aryl methyl sites for hydroxylation is 2. The van der Waals surface area contributed by atoms with Crippen LogP contribution >= 0.6 is 12.2 Å². The zero-order valence-corrected chi connectivity index (χ0v) is 11.3. The van der Waals surface area contributed by atoms with E-state index < -0.39 is 0 Å². The molecule has 0 radical (unpaired) electrons. The molecule has 1 aromatic carbocycles. The van der Waals surface area contributed by atoms with Gasteiger partial charge >= 0.3 is 0 Å². The molecule has 0 aromatic heterocycles. The minimum absolute atomic E-state index is 0.00745. The van der Waals surface area contributed by atoms with Gasteiger partial charge in [0.05, 0.1) is 4.99 Å². The number of benzene rings is 1. The standard InChI is InChI=1S/C13H18N2OS/c1-9-6-10(2)8-11(7-9)13(16)15(3)5-4-12(14)17/h6-8H,4-5H2,1-3H3,(H2,14,17). The Balaban J connectivity index is 2.77. The quantitative estimate of drug-likeness (QED) is 0.832. The number of carbonyl (C=O) groups is 1. The first kappa shape index (κ1) is 13.6. The molecule has 0 fully saturated rings. The maximum atomic E-state index is 12.1. The molecule has 1 rings (SSSR count). The molecule has 4 heteroatoms. The lowest BCUT2D eigenvalue weighted by atomic mass is 10.1. The Hall–Kier alpha value is -1.42. The minimum atomic E-state index is 0.00745. The number of hydrogen-bond donors (Lipinski definition) is 1. The highest BCUT2D eigenvalue weighted by Gasteiger charge is 2.12. The van der Waals surface area contributed by atoms with E-state index in [0.29, 0.717) is 23.5 Å². The van der Waals surface area contributed by atoms with E-state index in [9.17, 15) is 4.79 Å². The van der Waals surface area contributed by atoms with E-state index in [1.165, 1.54) is 0 Å². The smallest absolute Gasteiger partial charge is 0.253 e. The van der Waals surface area contributed by atoms with Crippen molar-refractivity contribution in [2.45, 2.75) is 20.3 Å². The summed E-state index contributed by atoms with van der Waals surface area (Å²) in [6.45, 7) is 4.53. The number of nitrogens with two attached hydrogens (primary N) is 1. The van der Waals surface area contributed by atoms with Crippen molar-refractivity contribution in [2.75, 3.05) is 13.6 Å². The van der Waals surface area contributed by atoms with E-state index in [1.807, 2.05) is 32.0 Å². The minimum Gasteiger partial charge on any atom is -0.393 e. The van der Waals surface area contributed by atoms with E-state index in [2.05, 4.69) is 0 Å². The van der Waals surface area contributed by atoms with E-state index in [-0.39, 0.29) is 5.91 Å². The first-order valence-electron chi connectivity index (χ1n) is 5.52. The van der Waals surface area contributed by atoms with Crippen LogP contribution in [0.5, 0.6) is 0 Å². The van der Waals surface area contributed by atoms with Crippen molar-refractivity contribution in [1.29, 1.82) is 0 Å². The van der Waals surface area contributed by atoms with Crippen molar-refractivity contribution in [2.24, 2.45) is 5.73 Å².